The van der Waals surface area contributed by atoms with Gasteiger partial charge >= 0.3 is 0 Å². The van der Waals surface area contributed by atoms with Gasteiger partial charge in [0.15, 0.2) is 0 Å². The summed E-state index contributed by atoms with van der Waals surface area (Å²) < 4.78 is 72.5. The van der Waals surface area contributed by atoms with Crippen LogP contribution in [0.2, 0.25) is 0 Å². The predicted molar refractivity (Wildman–Crippen MR) is 200 cm³/mol. The van der Waals surface area contributed by atoms with Gasteiger partial charge in [-0.2, -0.15) is 0 Å². The van der Waals surface area contributed by atoms with Gasteiger partial charge in [0.25, 0.3) is 0 Å². The molecule has 0 saturated heterocycles. The zero-order valence-corrected chi connectivity index (χ0v) is 25.0. The zero-order chi connectivity index (χ0) is 37.0. The first-order chi connectivity index (χ1) is 26.2. The van der Waals surface area contributed by atoms with Crippen molar-refractivity contribution in [1.29, 1.82) is 0 Å². The minimum Gasteiger partial charge on any atom is -0.456 e. The van der Waals surface area contributed by atoms with E-state index in [9.17, 15) is 6.85 Å². The predicted octanol–water partition coefficient (Wildman–Crippen LogP) is 13.2. The zero-order valence-electron chi connectivity index (χ0n) is 32.0. The monoisotopic (exact) mass is 603 g/mol. The highest BCUT2D eigenvalue weighted by Crippen LogP contribution is 2.48. The van der Waals surface area contributed by atoms with E-state index in [1.165, 1.54) is 0 Å². The van der Waals surface area contributed by atoms with Crippen LogP contribution in [-0.2, 0) is 0 Å². The summed E-state index contributed by atoms with van der Waals surface area (Å²) in [4.78, 5) is 0. The van der Waals surface area contributed by atoms with E-state index in [2.05, 4.69) is 6.07 Å². The molecule has 0 aliphatic carbocycles. The molecular weight excluding hydrogens is 569 g/mol. The van der Waals surface area contributed by atoms with E-state index in [1.54, 1.807) is 0 Å². The summed E-state index contributed by atoms with van der Waals surface area (Å²) in [7, 11) is 0. The summed E-state index contributed by atoms with van der Waals surface area (Å²) in [5.74, 6) is 0. The molecule has 47 heavy (non-hydrogen) atoms. The highest BCUT2D eigenvalue weighted by Gasteiger charge is 2.21. The van der Waals surface area contributed by atoms with Gasteiger partial charge in [0.1, 0.15) is 11.2 Å². The molecule has 0 aliphatic heterocycles. The molecule has 0 amide bonds. The average Bonchev–Trinajstić information content (AvgIpc) is 3.57. The Kier molecular flexibility index (Phi) is 4.34. The van der Waals surface area contributed by atoms with Crippen LogP contribution in [0.25, 0.3) is 98.4 Å². The Bertz CT molecular complexity index is 3240. The Hall–Kier alpha value is -6.18. The molecule has 1 heteroatoms. The van der Waals surface area contributed by atoms with E-state index in [0.717, 1.165) is 32.3 Å². The van der Waals surface area contributed by atoms with E-state index in [1.807, 2.05) is 121 Å². The molecule has 9 aromatic carbocycles. The van der Waals surface area contributed by atoms with E-state index in [0.29, 0.717) is 44.4 Å². The Morgan fingerprint density at radius 2 is 1.09 bits per heavy atom. The van der Waals surface area contributed by atoms with Gasteiger partial charge in [0.2, 0.25) is 0 Å². The van der Waals surface area contributed by atoms with Gasteiger partial charge < -0.3 is 4.42 Å². The lowest BCUT2D eigenvalue weighted by atomic mass is 9.83. The van der Waals surface area contributed by atoms with Crippen LogP contribution in [0.15, 0.2) is 174 Å². The molecule has 0 aliphatic rings. The van der Waals surface area contributed by atoms with E-state index in [4.69, 9.17) is 7.16 Å². The van der Waals surface area contributed by atoms with Gasteiger partial charge in [-0.15, -0.1) is 0 Å². The maximum atomic E-state index is 9.96. The molecule has 10 aromatic rings. The van der Waals surface area contributed by atoms with Crippen LogP contribution >= 0.6 is 0 Å². The molecule has 0 spiro atoms. The quantitative estimate of drug-likeness (QED) is 0.183. The summed E-state index contributed by atoms with van der Waals surface area (Å²) in [6, 6.07) is 39.0. The Morgan fingerprint density at radius 1 is 0.404 bits per heavy atom. The molecule has 0 N–H and O–H groups in total. The van der Waals surface area contributed by atoms with Crippen molar-refractivity contribution in [2.45, 2.75) is 0 Å². The third-order valence-corrected chi connectivity index (χ3v) is 9.23. The summed E-state index contributed by atoms with van der Waals surface area (Å²) in [6.07, 6.45) is 0. The second-order valence-corrected chi connectivity index (χ2v) is 11.9. The first kappa shape index (κ1) is 20.0. The SMILES string of the molecule is [2H]c1c([2H])c([2H])c2c(-c3cccc4oc5cc6ccccc6cc5c34)c3c([2H])c([2H])c(-c4ccccc4)c([2H])c3c(-c3ccc4ccccc4c3)c2c1[2H]. The number of furan rings is 1. The van der Waals surface area contributed by atoms with Crippen LogP contribution in [0.3, 0.4) is 0 Å². The lowest BCUT2D eigenvalue weighted by molar-refractivity contribution is 0.669. The van der Waals surface area contributed by atoms with Crippen molar-refractivity contribution < 1.29 is 14.0 Å². The Balaban J connectivity index is 1.50. The van der Waals surface area contributed by atoms with Crippen LogP contribution in [0.4, 0.5) is 0 Å². The number of benzene rings is 9. The Labute approximate surface area is 281 Å². The minimum atomic E-state index is -0.405. The van der Waals surface area contributed by atoms with Gasteiger partial charge in [-0.1, -0.05) is 139 Å². The molecule has 0 bridgehead atoms. The number of hydrogen-bond acceptors (Lipinski definition) is 1. The van der Waals surface area contributed by atoms with Gasteiger partial charge in [-0.05, 0) is 107 Å². The molecule has 1 heterocycles. The van der Waals surface area contributed by atoms with Crippen LogP contribution in [0.5, 0.6) is 0 Å². The number of hydrogen-bond donors (Lipinski definition) is 0. The summed E-state index contributed by atoms with van der Waals surface area (Å²) in [5, 5.41) is 6.53. The summed E-state index contributed by atoms with van der Waals surface area (Å²) >= 11 is 0. The second kappa shape index (κ2) is 10.2. The molecule has 218 valence electrons. The fourth-order valence-corrected chi connectivity index (χ4v) is 7.09. The number of rotatable bonds is 3. The molecule has 0 fully saturated rings. The fourth-order valence-electron chi connectivity index (χ4n) is 7.09. The Morgan fingerprint density at radius 3 is 1.89 bits per heavy atom. The normalized spacial score (nSPS) is 13.9. The van der Waals surface area contributed by atoms with E-state index < -0.39 is 12.1 Å². The molecule has 0 unspecified atom stereocenters. The standard InChI is InChI=1S/C46H28O/c1-2-11-29(12-3-1)34-23-24-38-40(26-34)44(35-22-21-30-13-4-5-14-31(30)25-35)36-17-8-9-18-37(36)45(38)39-19-10-20-42-46(39)41-27-32-15-6-7-16-33(32)28-43(41)47-42/h1-28H/i8D,9D,17D,18D,23D,24D,26D. The van der Waals surface area contributed by atoms with Crippen molar-refractivity contribution in [2.24, 2.45) is 0 Å². The van der Waals surface area contributed by atoms with E-state index in [-0.39, 0.29) is 51.9 Å². The van der Waals surface area contributed by atoms with Gasteiger partial charge in [-0.25, -0.2) is 0 Å². The van der Waals surface area contributed by atoms with E-state index >= 15 is 0 Å². The summed E-state index contributed by atoms with van der Waals surface area (Å²) in [6.45, 7) is 0. The molecule has 0 radical (unpaired) electrons. The molecule has 1 nitrogen and oxygen atoms in total. The third kappa shape index (κ3) is 4.03. The second-order valence-electron chi connectivity index (χ2n) is 11.9. The highest BCUT2D eigenvalue weighted by molar-refractivity contribution is 6.26. The topological polar surface area (TPSA) is 13.1 Å². The number of fused-ring (bicyclic) bond motifs is 7. The first-order valence-corrected chi connectivity index (χ1v) is 15.6. The largest absolute Gasteiger partial charge is 0.456 e. The van der Waals surface area contributed by atoms with Crippen molar-refractivity contribution >= 4 is 65.0 Å². The third-order valence-electron chi connectivity index (χ3n) is 9.23. The van der Waals surface area contributed by atoms with Crippen molar-refractivity contribution in [3.63, 3.8) is 0 Å². The van der Waals surface area contributed by atoms with Gasteiger partial charge in [-0.3, -0.25) is 0 Å². The maximum absolute atomic E-state index is 9.96. The van der Waals surface area contributed by atoms with Gasteiger partial charge in [0, 0.05) is 10.8 Å². The van der Waals surface area contributed by atoms with Crippen molar-refractivity contribution in [1.82, 2.24) is 0 Å². The van der Waals surface area contributed by atoms with Crippen LogP contribution in [0.1, 0.15) is 9.60 Å². The highest BCUT2D eigenvalue weighted by atomic mass is 16.3. The van der Waals surface area contributed by atoms with Crippen molar-refractivity contribution in [3.8, 4) is 33.4 Å². The molecule has 10 rings (SSSR count). The first-order valence-electron chi connectivity index (χ1n) is 19.1. The van der Waals surface area contributed by atoms with Gasteiger partial charge in [0.05, 0.1) is 9.60 Å². The summed E-state index contributed by atoms with van der Waals surface area (Å²) in [5.41, 5.74) is 4.13. The smallest absolute Gasteiger partial charge is 0.136 e. The molecule has 0 saturated carbocycles. The fraction of sp³-hybridized carbons (Fsp3) is 0. The average molecular weight is 604 g/mol. The lowest BCUT2D eigenvalue weighted by Crippen LogP contribution is -1.92. The van der Waals surface area contributed by atoms with Crippen molar-refractivity contribution in [2.75, 3.05) is 0 Å². The minimum absolute atomic E-state index is 0.00569. The maximum Gasteiger partial charge on any atom is 0.136 e. The lowest BCUT2D eigenvalue weighted by Gasteiger charge is -2.19. The molecule has 1 aromatic heterocycles. The molecule has 0 atom stereocenters. The van der Waals surface area contributed by atoms with Crippen LogP contribution < -0.4 is 0 Å². The van der Waals surface area contributed by atoms with Crippen LogP contribution in [0, 0.1) is 0 Å². The van der Waals surface area contributed by atoms with Crippen molar-refractivity contribution in [3.05, 3.63) is 170 Å². The molecular formula is C46H28O. The van der Waals surface area contributed by atoms with Crippen LogP contribution in [-0.4, -0.2) is 0 Å².